The van der Waals surface area contributed by atoms with Crippen molar-refractivity contribution in [2.75, 3.05) is 6.54 Å². The molecule has 2 aromatic rings. The first kappa shape index (κ1) is 23.3. The van der Waals surface area contributed by atoms with E-state index in [1.165, 1.54) is 12.3 Å². The van der Waals surface area contributed by atoms with Crippen molar-refractivity contribution in [2.45, 2.75) is 38.1 Å². The average Bonchev–Trinajstić information content (AvgIpc) is 3.33. The number of nitrogens with zero attached hydrogens (tertiary/aromatic N) is 1. The Balaban J connectivity index is 0.00000182. The second-order valence-electron chi connectivity index (χ2n) is 6.69. The van der Waals surface area contributed by atoms with E-state index in [-0.39, 0.29) is 54.0 Å². The molecular formula is C18H23Cl2F2N3O2. The average molecular weight is 422 g/mol. The highest BCUT2D eigenvalue weighted by atomic mass is 35.5. The van der Waals surface area contributed by atoms with Gasteiger partial charge in [0.25, 0.3) is 0 Å². The smallest absolute Gasteiger partial charge is 0.220 e. The Bertz CT molecular complexity index is 784. The molecular weight excluding hydrogens is 399 g/mol. The summed E-state index contributed by atoms with van der Waals surface area (Å²) in [5.41, 5.74) is 5.56. The van der Waals surface area contributed by atoms with Crippen LogP contribution in [0.15, 0.2) is 28.8 Å². The van der Waals surface area contributed by atoms with Gasteiger partial charge in [0.15, 0.2) is 11.7 Å². The number of amides is 1. The monoisotopic (exact) mass is 421 g/mol. The van der Waals surface area contributed by atoms with Crippen LogP contribution in [0.5, 0.6) is 0 Å². The maximum absolute atomic E-state index is 13.8. The van der Waals surface area contributed by atoms with Gasteiger partial charge in [0.05, 0.1) is 17.3 Å². The van der Waals surface area contributed by atoms with Crippen molar-refractivity contribution >= 4 is 30.7 Å². The molecule has 0 bridgehead atoms. The number of aromatic nitrogens is 1. The number of nitrogens with one attached hydrogen (secondary N) is 1. The van der Waals surface area contributed by atoms with Gasteiger partial charge in [-0.2, -0.15) is 0 Å². The Morgan fingerprint density at radius 1 is 1.37 bits per heavy atom. The minimum absolute atomic E-state index is 0. The van der Waals surface area contributed by atoms with E-state index in [4.69, 9.17) is 10.2 Å². The third kappa shape index (κ3) is 5.64. The molecule has 9 heteroatoms. The van der Waals surface area contributed by atoms with Crippen LogP contribution in [0.4, 0.5) is 8.78 Å². The molecule has 27 heavy (non-hydrogen) atoms. The summed E-state index contributed by atoms with van der Waals surface area (Å²) in [6, 6.07) is 3.24. The Kier molecular flexibility index (Phi) is 8.20. The molecule has 1 fully saturated rings. The Morgan fingerprint density at radius 2 is 2.07 bits per heavy atom. The second-order valence-corrected chi connectivity index (χ2v) is 6.69. The Hall–Kier alpha value is -1.70. The number of oxazole rings is 1. The van der Waals surface area contributed by atoms with Gasteiger partial charge in [0.2, 0.25) is 5.91 Å². The fourth-order valence-corrected chi connectivity index (χ4v) is 2.88. The van der Waals surface area contributed by atoms with E-state index in [0.717, 1.165) is 25.0 Å². The summed E-state index contributed by atoms with van der Waals surface area (Å²) >= 11 is 0. The van der Waals surface area contributed by atoms with Crippen LogP contribution in [0.1, 0.15) is 32.1 Å². The highest BCUT2D eigenvalue weighted by Gasteiger charge is 2.41. The molecule has 1 heterocycles. The van der Waals surface area contributed by atoms with Gasteiger partial charge in [-0.3, -0.25) is 4.79 Å². The summed E-state index contributed by atoms with van der Waals surface area (Å²) < 4.78 is 32.2. The molecule has 1 atom stereocenters. The lowest BCUT2D eigenvalue weighted by atomic mass is 9.95. The van der Waals surface area contributed by atoms with Crippen molar-refractivity contribution in [3.05, 3.63) is 41.9 Å². The molecule has 3 rings (SSSR count). The van der Waals surface area contributed by atoms with E-state index in [9.17, 15) is 13.6 Å². The molecule has 1 saturated carbocycles. The van der Waals surface area contributed by atoms with Gasteiger partial charge in [-0.15, -0.1) is 24.8 Å². The molecule has 150 valence electrons. The van der Waals surface area contributed by atoms with Gasteiger partial charge in [-0.05, 0) is 37.8 Å². The van der Waals surface area contributed by atoms with E-state index >= 15 is 0 Å². The van der Waals surface area contributed by atoms with Crippen molar-refractivity contribution < 1.29 is 18.0 Å². The summed E-state index contributed by atoms with van der Waals surface area (Å²) in [6.45, 7) is 2.36. The topological polar surface area (TPSA) is 81.1 Å². The van der Waals surface area contributed by atoms with E-state index < -0.39 is 11.6 Å². The summed E-state index contributed by atoms with van der Waals surface area (Å²) in [5.74, 6) is -0.517. The van der Waals surface area contributed by atoms with Gasteiger partial charge in [-0.25, -0.2) is 13.8 Å². The molecule has 1 amide bonds. The van der Waals surface area contributed by atoms with Crippen LogP contribution in [0.25, 0.3) is 11.3 Å². The number of aryl methyl sites for hydroxylation is 1. The largest absolute Gasteiger partial charge is 0.441 e. The van der Waals surface area contributed by atoms with Crippen molar-refractivity contribution in [1.82, 2.24) is 10.3 Å². The van der Waals surface area contributed by atoms with Crippen molar-refractivity contribution in [2.24, 2.45) is 11.7 Å². The number of nitrogens with two attached hydrogens (primary N) is 1. The van der Waals surface area contributed by atoms with E-state index in [1.54, 1.807) is 0 Å². The van der Waals surface area contributed by atoms with Crippen LogP contribution in [0, 0.1) is 17.6 Å². The minimum atomic E-state index is -0.719. The van der Waals surface area contributed by atoms with Crippen molar-refractivity contribution in [1.29, 1.82) is 0 Å². The number of carbonyl (C=O) groups is 1. The zero-order valence-electron chi connectivity index (χ0n) is 14.8. The number of hydrogen-bond acceptors (Lipinski definition) is 4. The lowest BCUT2D eigenvalue weighted by molar-refractivity contribution is -0.123. The van der Waals surface area contributed by atoms with Crippen LogP contribution in [0.2, 0.25) is 0 Å². The summed E-state index contributed by atoms with van der Waals surface area (Å²) in [6.07, 6.45) is 4.03. The number of halogens is 4. The van der Waals surface area contributed by atoms with Crippen LogP contribution < -0.4 is 11.1 Å². The highest BCUT2D eigenvalue weighted by molar-refractivity contribution is 5.85. The highest BCUT2D eigenvalue weighted by Crippen LogP contribution is 2.39. The third-order valence-electron chi connectivity index (χ3n) is 4.64. The van der Waals surface area contributed by atoms with E-state index in [2.05, 4.69) is 10.3 Å². The molecule has 1 aliphatic carbocycles. The maximum atomic E-state index is 13.8. The van der Waals surface area contributed by atoms with Crippen LogP contribution >= 0.6 is 24.8 Å². The maximum Gasteiger partial charge on any atom is 0.220 e. The second kappa shape index (κ2) is 9.48. The Morgan fingerprint density at radius 3 is 2.67 bits per heavy atom. The van der Waals surface area contributed by atoms with Crippen molar-refractivity contribution in [3.8, 4) is 11.3 Å². The number of rotatable bonds is 7. The van der Waals surface area contributed by atoms with E-state index in [0.29, 0.717) is 24.8 Å². The van der Waals surface area contributed by atoms with Crippen LogP contribution in [0.3, 0.4) is 0 Å². The molecule has 5 nitrogen and oxygen atoms in total. The van der Waals surface area contributed by atoms with Gasteiger partial charge in [0, 0.05) is 25.5 Å². The zero-order valence-corrected chi connectivity index (χ0v) is 16.5. The molecule has 1 unspecified atom stereocenters. The first-order valence-electron chi connectivity index (χ1n) is 8.32. The predicted molar refractivity (Wildman–Crippen MR) is 103 cm³/mol. The lowest BCUT2D eigenvalue weighted by Gasteiger charge is -2.29. The zero-order chi connectivity index (χ0) is 18.0. The first-order chi connectivity index (χ1) is 11.9. The SMILES string of the molecule is CC(CN)(NC(=O)CCc1ncc(-c2ccc(F)cc2F)o1)C1CC1.Cl.Cl. The molecule has 0 saturated heterocycles. The quantitative estimate of drug-likeness (QED) is 0.714. The standard InChI is InChI=1S/C18H21F2N3O2.2ClH/c1-18(10-21,11-2-3-11)23-16(24)6-7-17-22-9-15(25-17)13-5-4-12(19)8-14(13)20;;/h4-5,8-9,11H,2-3,6-7,10,21H2,1H3,(H,23,24);2*1H. The van der Waals surface area contributed by atoms with Crippen molar-refractivity contribution in [3.63, 3.8) is 0 Å². The summed E-state index contributed by atoms with van der Waals surface area (Å²) in [4.78, 5) is 16.2. The van der Waals surface area contributed by atoms with Gasteiger partial charge in [-0.1, -0.05) is 0 Å². The fourth-order valence-electron chi connectivity index (χ4n) is 2.88. The van der Waals surface area contributed by atoms with Gasteiger partial charge >= 0.3 is 0 Å². The molecule has 1 aliphatic rings. The number of benzene rings is 1. The fraction of sp³-hybridized carbons (Fsp3) is 0.444. The minimum Gasteiger partial charge on any atom is -0.441 e. The van der Waals surface area contributed by atoms with Gasteiger partial charge < -0.3 is 15.5 Å². The molecule has 0 spiro atoms. The summed E-state index contributed by atoms with van der Waals surface area (Å²) in [5, 5.41) is 2.99. The molecule has 0 radical (unpaired) electrons. The van der Waals surface area contributed by atoms with Gasteiger partial charge in [0.1, 0.15) is 11.6 Å². The van der Waals surface area contributed by atoms with E-state index in [1.807, 2.05) is 6.92 Å². The van der Waals surface area contributed by atoms with Crippen LogP contribution in [-0.4, -0.2) is 23.0 Å². The predicted octanol–water partition coefficient (Wildman–Crippen LogP) is 3.64. The lowest BCUT2D eigenvalue weighted by Crippen LogP contribution is -2.53. The number of carbonyl (C=O) groups excluding carboxylic acids is 1. The Labute approximate surface area is 168 Å². The summed E-state index contributed by atoms with van der Waals surface area (Å²) in [7, 11) is 0. The molecule has 0 aliphatic heterocycles. The molecule has 1 aromatic carbocycles. The molecule has 1 aromatic heterocycles. The van der Waals surface area contributed by atoms with Crippen LogP contribution in [-0.2, 0) is 11.2 Å². The normalized spacial score (nSPS) is 15.3. The third-order valence-corrected chi connectivity index (χ3v) is 4.64. The number of hydrogen-bond donors (Lipinski definition) is 2. The molecule has 3 N–H and O–H groups in total. The first-order valence-corrected chi connectivity index (χ1v) is 8.32.